The molecule has 3 rings (SSSR count). The smallest absolute Gasteiger partial charge is 0.271 e. The summed E-state index contributed by atoms with van der Waals surface area (Å²) in [6.07, 6.45) is 1.49. The Morgan fingerprint density at radius 1 is 0.938 bits per heavy atom. The Morgan fingerprint density at radius 2 is 1.56 bits per heavy atom. The fourth-order valence-corrected chi connectivity index (χ4v) is 2.98. The molecule has 1 N–H and O–H groups in total. The highest BCUT2D eigenvalue weighted by Gasteiger charge is 2.12. The minimum Gasteiger partial charge on any atom is -0.493 e. The van der Waals surface area contributed by atoms with Gasteiger partial charge in [-0.05, 0) is 54.1 Å². The first-order chi connectivity index (χ1) is 15.5. The summed E-state index contributed by atoms with van der Waals surface area (Å²) < 4.78 is 21.6. The van der Waals surface area contributed by atoms with Crippen molar-refractivity contribution in [2.75, 3.05) is 21.3 Å². The number of methoxy groups -OCH3 is 3. The minimum atomic E-state index is -0.349. The molecule has 0 bridgehead atoms. The molecule has 7 nitrogen and oxygen atoms in total. The number of hydrogen-bond acceptors (Lipinski definition) is 6. The molecule has 3 aromatic carbocycles. The first-order valence-corrected chi connectivity index (χ1v) is 10.0. The monoisotopic (exact) mass is 454 g/mol. The summed E-state index contributed by atoms with van der Waals surface area (Å²) in [7, 11) is 4.59. The van der Waals surface area contributed by atoms with Crippen LogP contribution in [0.1, 0.15) is 21.5 Å². The summed E-state index contributed by atoms with van der Waals surface area (Å²) in [6, 6.07) is 17.7. The van der Waals surface area contributed by atoms with Crippen molar-refractivity contribution < 1.29 is 23.7 Å². The zero-order valence-corrected chi connectivity index (χ0v) is 18.7. The maximum absolute atomic E-state index is 12.4. The van der Waals surface area contributed by atoms with Crippen molar-refractivity contribution in [2.24, 2.45) is 5.10 Å². The van der Waals surface area contributed by atoms with Gasteiger partial charge in [0.15, 0.2) is 11.5 Å². The Labute approximate surface area is 191 Å². The second-order valence-electron chi connectivity index (χ2n) is 6.60. The van der Waals surface area contributed by atoms with E-state index in [1.165, 1.54) is 27.5 Å². The highest BCUT2D eigenvalue weighted by Crippen LogP contribution is 2.37. The van der Waals surface area contributed by atoms with E-state index < -0.39 is 0 Å². The van der Waals surface area contributed by atoms with Gasteiger partial charge in [0, 0.05) is 16.1 Å². The van der Waals surface area contributed by atoms with E-state index in [2.05, 4.69) is 10.5 Å². The first kappa shape index (κ1) is 23.0. The van der Waals surface area contributed by atoms with E-state index in [9.17, 15) is 4.79 Å². The molecule has 0 saturated heterocycles. The summed E-state index contributed by atoms with van der Waals surface area (Å²) in [5, 5.41) is 4.69. The van der Waals surface area contributed by atoms with Crippen LogP contribution < -0.4 is 24.4 Å². The maximum atomic E-state index is 12.4. The Hall–Kier alpha value is -3.71. The van der Waals surface area contributed by atoms with Gasteiger partial charge in [-0.15, -0.1) is 0 Å². The Kier molecular flexibility index (Phi) is 7.94. The summed E-state index contributed by atoms with van der Waals surface area (Å²) in [5.74, 6) is 1.77. The number of ether oxygens (including phenoxy) is 4. The molecule has 0 aliphatic heterocycles. The summed E-state index contributed by atoms with van der Waals surface area (Å²) in [6.45, 7) is 0.405. The van der Waals surface area contributed by atoms with Crippen LogP contribution in [0.2, 0.25) is 5.02 Å². The second-order valence-corrected chi connectivity index (χ2v) is 7.03. The Balaban J connectivity index is 1.59. The van der Waals surface area contributed by atoms with Gasteiger partial charge in [-0.1, -0.05) is 23.7 Å². The number of hydrogen-bond donors (Lipinski definition) is 1. The fourth-order valence-electron chi connectivity index (χ4n) is 2.86. The van der Waals surface area contributed by atoms with Crippen molar-refractivity contribution in [2.45, 2.75) is 6.61 Å². The largest absolute Gasteiger partial charge is 0.493 e. The Bertz CT molecular complexity index is 1060. The van der Waals surface area contributed by atoms with Gasteiger partial charge >= 0.3 is 0 Å². The lowest BCUT2D eigenvalue weighted by atomic mass is 10.2. The van der Waals surface area contributed by atoms with Crippen LogP contribution >= 0.6 is 11.6 Å². The summed E-state index contributed by atoms with van der Waals surface area (Å²) >= 11 is 5.88. The zero-order chi connectivity index (χ0) is 22.9. The number of carbonyl (C=O) groups is 1. The third-order valence-corrected chi connectivity index (χ3v) is 4.75. The van der Waals surface area contributed by atoms with E-state index in [0.29, 0.717) is 45.8 Å². The van der Waals surface area contributed by atoms with Gasteiger partial charge < -0.3 is 18.9 Å². The van der Waals surface area contributed by atoms with Crippen LogP contribution in [0, 0.1) is 0 Å². The zero-order valence-electron chi connectivity index (χ0n) is 17.9. The van der Waals surface area contributed by atoms with Crippen LogP contribution in [-0.2, 0) is 6.61 Å². The van der Waals surface area contributed by atoms with Crippen LogP contribution in [0.5, 0.6) is 23.0 Å². The van der Waals surface area contributed by atoms with E-state index in [1.54, 1.807) is 36.4 Å². The third-order valence-electron chi connectivity index (χ3n) is 4.50. The van der Waals surface area contributed by atoms with E-state index in [1.807, 2.05) is 24.3 Å². The molecule has 32 heavy (non-hydrogen) atoms. The number of amides is 1. The number of hydrazone groups is 1. The molecule has 0 fully saturated rings. The number of halogens is 1. The lowest BCUT2D eigenvalue weighted by molar-refractivity contribution is 0.0955. The minimum absolute atomic E-state index is 0.349. The lowest BCUT2D eigenvalue weighted by Crippen LogP contribution is -2.17. The molecule has 0 spiro atoms. The predicted molar refractivity (Wildman–Crippen MR) is 123 cm³/mol. The number of rotatable bonds is 9. The molecule has 0 saturated carbocycles. The summed E-state index contributed by atoms with van der Waals surface area (Å²) in [4.78, 5) is 12.4. The van der Waals surface area contributed by atoms with Gasteiger partial charge in [-0.25, -0.2) is 5.43 Å². The molecule has 0 aliphatic carbocycles. The standard InChI is InChI=1S/C24H23ClN2O5/c1-29-21-12-17(13-22(30-2)23(21)31-3)14-26-27-24(28)18-6-10-20(11-7-18)32-15-16-4-8-19(25)9-5-16/h4-14H,15H2,1-3H3,(H,27,28). The quantitative estimate of drug-likeness (QED) is 0.374. The van der Waals surface area contributed by atoms with E-state index in [4.69, 9.17) is 30.5 Å². The average Bonchev–Trinajstić information content (AvgIpc) is 2.83. The van der Waals surface area contributed by atoms with Gasteiger partial charge in [0.2, 0.25) is 5.75 Å². The maximum Gasteiger partial charge on any atom is 0.271 e. The molecule has 166 valence electrons. The highest BCUT2D eigenvalue weighted by atomic mass is 35.5. The van der Waals surface area contributed by atoms with Crippen molar-refractivity contribution in [1.82, 2.24) is 5.43 Å². The van der Waals surface area contributed by atoms with Crippen molar-refractivity contribution in [3.8, 4) is 23.0 Å². The van der Waals surface area contributed by atoms with E-state index >= 15 is 0 Å². The molecule has 8 heteroatoms. The molecule has 0 radical (unpaired) electrons. The first-order valence-electron chi connectivity index (χ1n) is 9.64. The number of carbonyl (C=O) groups excluding carboxylic acids is 1. The molecule has 0 unspecified atom stereocenters. The van der Waals surface area contributed by atoms with Gasteiger partial charge in [0.1, 0.15) is 12.4 Å². The van der Waals surface area contributed by atoms with Crippen LogP contribution in [0.4, 0.5) is 0 Å². The molecular formula is C24H23ClN2O5. The number of nitrogens with one attached hydrogen (secondary N) is 1. The topological polar surface area (TPSA) is 78.4 Å². The average molecular weight is 455 g/mol. The van der Waals surface area contributed by atoms with Crippen LogP contribution in [0.25, 0.3) is 0 Å². The van der Waals surface area contributed by atoms with Crippen molar-refractivity contribution in [1.29, 1.82) is 0 Å². The van der Waals surface area contributed by atoms with Crippen LogP contribution in [-0.4, -0.2) is 33.5 Å². The third kappa shape index (κ3) is 5.92. The molecule has 0 aliphatic rings. The van der Waals surface area contributed by atoms with Crippen molar-refractivity contribution in [3.63, 3.8) is 0 Å². The van der Waals surface area contributed by atoms with Gasteiger partial charge in [-0.2, -0.15) is 5.10 Å². The predicted octanol–water partition coefficient (Wildman–Crippen LogP) is 4.71. The number of nitrogens with zero attached hydrogens (tertiary/aromatic N) is 1. The second kappa shape index (κ2) is 11.1. The molecular weight excluding hydrogens is 432 g/mol. The van der Waals surface area contributed by atoms with Gasteiger partial charge in [0.25, 0.3) is 5.91 Å². The van der Waals surface area contributed by atoms with Crippen molar-refractivity contribution in [3.05, 3.63) is 82.4 Å². The Morgan fingerprint density at radius 3 is 2.12 bits per heavy atom. The van der Waals surface area contributed by atoms with E-state index in [0.717, 1.165) is 5.56 Å². The van der Waals surface area contributed by atoms with Crippen molar-refractivity contribution >= 4 is 23.7 Å². The van der Waals surface area contributed by atoms with Crippen LogP contribution in [0.15, 0.2) is 65.8 Å². The normalized spacial score (nSPS) is 10.6. The lowest BCUT2D eigenvalue weighted by Gasteiger charge is -2.12. The van der Waals surface area contributed by atoms with E-state index in [-0.39, 0.29) is 5.91 Å². The van der Waals surface area contributed by atoms with Crippen LogP contribution in [0.3, 0.4) is 0 Å². The molecule has 3 aromatic rings. The fraction of sp³-hybridized carbons (Fsp3) is 0.167. The molecule has 0 heterocycles. The summed E-state index contributed by atoms with van der Waals surface area (Å²) in [5.41, 5.74) is 4.62. The van der Waals surface area contributed by atoms with Gasteiger partial charge in [0.05, 0.1) is 27.5 Å². The molecule has 0 atom stereocenters. The molecule has 0 aromatic heterocycles. The van der Waals surface area contributed by atoms with Gasteiger partial charge in [-0.3, -0.25) is 4.79 Å². The SMILES string of the molecule is COc1cc(C=NNC(=O)c2ccc(OCc3ccc(Cl)cc3)cc2)cc(OC)c1OC. The molecule has 1 amide bonds. The number of benzene rings is 3. The highest BCUT2D eigenvalue weighted by molar-refractivity contribution is 6.30.